The molecule has 0 radical (unpaired) electrons. The van der Waals surface area contributed by atoms with E-state index in [-0.39, 0.29) is 10.9 Å². The molecule has 0 spiro atoms. The molecule has 1 N–H and O–H groups in total. The molecule has 0 heterocycles. The van der Waals surface area contributed by atoms with Crippen molar-refractivity contribution in [2.75, 3.05) is 14.2 Å². The van der Waals surface area contributed by atoms with Crippen LogP contribution < -0.4 is 14.2 Å². The average Bonchev–Trinajstić information content (AvgIpc) is 2.56. The quantitative estimate of drug-likeness (QED) is 0.886. The number of sulfonamides is 1. The molecule has 0 aromatic heterocycles. The molecule has 0 aliphatic heterocycles. The monoisotopic (exact) mass is 351 g/mol. The lowest BCUT2D eigenvalue weighted by atomic mass is 9.54. The van der Waals surface area contributed by atoms with Gasteiger partial charge in [-0.2, -0.15) is 0 Å². The van der Waals surface area contributed by atoms with Crippen molar-refractivity contribution in [1.82, 2.24) is 4.72 Å². The number of benzene rings is 1. The van der Waals surface area contributed by atoms with Crippen molar-refractivity contribution in [2.24, 2.45) is 23.7 Å². The van der Waals surface area contributed by atoms with Crippen LogP contribution in [0.2, 0.25) is 0 Å². The molecular formula is C18H25NO4S. The van der Waals surface area contributed by atoms with Gasteiger partial charge in [-0.3, -0.25) is 0 Å². The van der Waals surface area contributed by atoms with Crippen LogP contribution in [0.15, 0.2) is 23.1 Å². The van der Waals surface area contributed by atoms with E-state index in [4.69, 9.17) is 9.47 Å². The smallest absolute Gasteiger partial charge is 0.244 e. The van der Waals surface area contributed by atoms with Crippen LogP contribution in [0.3, 0.4) is 0 Å². The molecule has 0 amide bonds. The molecule has 0 atom stereocenters. The number of hydrogen-bond donors (Lipinski definition) is 1. The van der Waals surface area contributed by atoms with Crippen molar-refractivity contribution in [1.29, 1.82) is 0 Å². The fourth-order valence-corrected chi connectivity index (χ4v) is 6.88. The second-order valence-corrected chi connectivity index (χ2v) is 9.28. The Hall–Kier alpha value is -1.27. The lowest BCUT2D eigenvalue weighted by Crippen LogP contribution is -2.55. The molecule has 5 rings (SSSR count). The third kappa shape index (κ3) is 2.69. The number of hydrogen-bond acceptors (Lipinski definition) is 4. The third-order valence-corrected chi connectivity index (χ3v) is 7.68. The largest absolute Gasteiger partial charge is 0.497 e. The Morgan fingerprint density at radius 2 is 1.58 bits per heavy atom. The lowest BCUT2D eigenvalue weighted by Gasteiger charge is -2.54. The SMILES string of the molecule is COc1ccc(S(=O)(=O)NC2C3CC4CC(C3)CC2C4)c(OC)c1. The topological polar surface area (TPSA) is 64.6 Å². The minimum atomic E-state index is -3.60. The molecule has 4 bridgehead atoms. The summed E-state index contributed by atoms with van der Waals surface area (Å²) < 4.78 is 39.4. The Bertz CT molecular complexity index is 703. The zero-order chi connectivity index (χ0) is 16.9. The first kappa shape index (κ1) is 16.2. The van der Waals surface area contributed by atoms with E-state index in [9.17, 15) is 8.42 Å². The molecule has 4 saturated carbocycles. The highest BCUT2D eigenvalue weighted by Crippen LogP contribution is 2.54. The maximum Gasteiger partial charge on any atom is 0.244 e. The molecular weight excluding hydrogens is 326 g/mol. The van der Waals surface area contributed by atoms with Crippen LogP contribution in [0, 0.1) is 23.7 Å². The molecule has 4 aliphatic rings. The molecule has 5 nitrogen and oxygen atoms in total. The van der Waals surface area contributed by atoms with E-state index in [2.05, 4.69) is 4.72 Å². The van der Waals surface area contributed by atoms with Gasteiger partial charge in [0.1, 0.15) is 16.4 Å². The zero-order valence-corrected chi connectivity index (χ0v) is 15.0. The molecule has 132 valence electrons. The molecule has 6 heteroatoms. The van der Waals surface area contributed by atoms with Gasteiger partial charge < -0.3 is 9.47 Å². The molecule has 1 aromatic carbocycles. The van der Waals surface area contributed by atoms with Crippen LogP contribution in [-0.2, 0) is 10.0 Å². The van der Waals surface area contributed by atoms with E-state index < -0.39 is 10.0 Å². The summed E-state index contributed by atoms with van der Waals surface area (Å²) in [5.74, 6) is 3.55. The van der Waals surface area contributed by atoms with Gasteiger partial charge in [-0.05, 0) is 67.9 Å². The van der Waals surface area contributed by atoms with Crippen molar-refractivity contribution >= 4 is 10.0 Å². The molecule has 4 fully saturated rings. The summed E-state index contributed by atoms with van der Waals surface area (Å²) in [6.45, 7) is 0. The van der Waals surface area contributed by atoms with Gasteiger partial charge in [0.2, 0.25) is 10.0 Å². The van der Waals surface area contributed by atoms with Crippen LogP contribution in [0.25, 0.3) is 0 Å². The number of rotatable bonds is 5. The van der Waals surface area contributed by atoms with Crippen molar-refractivity contribution in [3.05, 3.63) is 18.2 Å². The van der Waals surface area contributed by atoms with Gasteiger partial charge in [0.15, 0.2) is 0 Å². The van der Waals surface area contributed by atoms with Gasteiger partial charge in [0.05, 0.1) is 14.2 Å². The first-order valence-electron chi connectivity index (χ1n) is 8.74. The second-order valence-electron chi connectivity index (χ2n) is 7.59. The van der Waals surface area contributed by atoms with Crippen LogP contribution in [-0.4, -0.2) is 28.7 Å². The van der Waals surface area contributed by atoms with Gasteiger partial charge in [-0.15, -0.1) is 0 Å². The van der Waals surface area contributed by atoms with Crippen LogP contribution in [0.1, 0.15) is 32.1 Å². The normalized spacial score (nSPS) is 34.3. The van der Waals surface area contributed by atoms with Crippen molar-refractivity contribution in [3.63, 3.8) is 0 Å². The van der Waals surface area contributed by atoms with Gasteiger partial charge in [0.25, 0.3) is 0 Å². The fourth-order valence-electron chi connectivity index (χ4n) is 5.36. The Labute approximate surface area is 143 Å². The highest BCUT2D eigenvalue weighted by molar-refractivity contribution is 7.89. The maximum absolute atomic E-state index is 13.0. The second kappa shape index (κ2) is 5.92. The predicted octanol–water partition coefficient (Wildman–Crippen LogP) is 2.81. The Morgan fingerprint density at radius 1 is 0.958 bits per heavy atom. The fraction of sp³-hybridized carbons (Fsp3) is 0.667. The van der Waals surface area contributed by atoms with Crippen LogP contribution >= 0.6 is 0 Å². The van der Waals surface area contributed by atoms with E-state index in [0.717, 1.165) is 11.8 Å². The number of ether oxygens (including phenoxy) is 2. The highest BCUT2D eigenvalue weighted by atomic mass is 32.2. The van der Waals surface area contributed by atoms with Gasteiger partial charge in [-0.25, -0.2) is 13.1 Å². The van der Waals surface area contributed by atoms with Gasteiger partial charge in [0, 0.05) is 12.1 Å². The van der Waals surface area contributed by atoms with Crippen LogP contribution in [0.5, 0.6) is 11.5 Å². The molecule has 4 aliphatic carbocycles. The van der Waals surface area contributed by atoms with Crippen molar-refractivity contribution in [2.45, 2.75) is 43.0 Å². The summed E-state index contributed by atoms with van der Waals surface area (Å²) in [4.78, 5) is 0.194. The zero-order valence-electron chi connectivity index (χ0n) is 14.2. The first-order chi connectivity index (χ1) is 11.5. The molecule has 0 unspecified atom stereocenters. The Kier molecular flexibility index (Phi) is 4.00. The number of nitrogens with one attached hydrogen (secondary N) is 1. The molecule has 1 aromatic rings. The van der Waals surface area contributed by atoms with E-state index in [1.165, 1.54) is 39.2 Å². The highest BCUT2D eigenvalue weighted by Gasteiger charge is 2.49. The third-order valence-electron chi connectivity index (χ3n) is 6.18. The Morgan fingerprint density at radius 3 is 2.12 bits per heavy atom. The lowest BCUT2D eigenvalue weighted by molar-refractivity contribution is -0.00558. The van der Waals surface area contributed by atoms with E-state index in [1.54, 1.807) is 25.3 Å². The summed E-state index contributed by atoms with van der Waals surface area (Å²) in [5.41, 5.74) is 0. The van der Waals surface area contributed by atoms with E-state index >= 15 is 0 Å². The maximum atomic E-state index is 13.0. The van der Waals surface area contributed by atoms with E-state index in [1.807, 2.05) is 0 Å². The minimum absolute atomic E-state index is 0.0783. The minimum Gasteiger partial charge on any atom is -0.497 e. The summed E-state index contributed by atoms with van der Waals surface area (Å²) in [6.07, 6.45) is 6.08. The summed E-state index contributed by atoms with van der Waals surface area (Å²) >= 11 is 0. The average molecular weight is 351 g/mol. The summed E-state index contributed by atoms with van der Waals surface area (Å²) in [7, 11) is -0.569. The van der Waals surface area contributed by atoms with Gasteiger partial charge in [-0.1, -0.05) is 0 Å². The standard InChI is InChI=1S/C18H25NO4S/c1-22-15-3-4-17(16(10-15)23-2)24(20,21)19-18-13-6-11-5-12(8-13)9-14(18)7-11/h3-4,10-14,18-19H,5-9H2,1-2H3. The molecule has 24 heavy (non-hydrogen) atoms. The van der Waals surface area contributed by atoms with Gasteiger partial charge >= 0.3 is 0 Å². The van der Waals surface area contributed by atoms with Crippen LogP contribution in [0.4, 0.5) is 0 Å². The van der Waals surface area contributed by atoms with E-state index in [0.29, 0.717) is 23.3 Å². The predicted molar refractivity (Wildman–Crippen MR) is 90.7 cm³/mol. The molecule has 0 saturated heterocycles. The summed E-state index contributed by atoms with van der Waals surface area (Å²) in [6, 6.07) is 4.92. The number of methoxy groups -OCH3 is 2. The van der Waals surface area contributed by atoms with Crippen molar-refractivity contribution < 1.29 is 17.9 Å². The van der Waals surface area contributed by atoms with Crippen molar-refractivity contribution in [3.8, 4) is 11.5 Å². The first-order valence-corrected chi connectivity index (χ1v) is 10.2. The Balaban J connectivity index is 1.60. The summed E-state index contributed by atoms with van der Waals surface area (Å²) in [5, 5.41) is 0.